The number of aliphatic carboxylic acids is 1. The van der Waals surface area contributed by atoms with Crippen molar-refractivity contribution in [2.75, 3.05) is 13.1 Å². The van der Waals surface area contributed by atoms with Crippen LogP contribution in [-0.4, -0.2) is 40.9 Å². The average Bonchev–Trinajstić information content (AvgIpc) is 3.12. The Labute approximate surface area is 97.6 Å². The van der Waals surface area contributed by atoms with E-state index in [9.17, 15) is 18.4 Å². The number of carboxylic acids is 1. The van der Waals surface area contributed by atoms with Crippen molar-refractivity contribution in [2.45, 2.75) is 31.6 Å². The van der Waals surface area contributed by atoms with Gasteiger partial charge < -0.3 is 10.0 Å². The number of piperidine rings is 1. The molecule has 2 aliphatic rings. The third-order valence-electron chi connectivity index (χ3n) is 3.53. The molecule has 1 aliphatic heterocycles. The number of alkyl halides is 2. The van der Waals surface area contributed by atoms with Gasteiger partial charge in [0.05, 0.1) is 0 Å². The van der Waals surface area contributed by atoms with Crippen LogP contribution in [0.2, 0.25) is 0 Å². The summed E-state index contributed by atoms with van der Waals surface area (Å²) in [4.78, 5) is 23.7. The Hall–Kier alpha value is -1.20. The first-order valence-electron chi connectivity index (χ1n) is 5.83. The maximum Gasteiger partial charge on any atom is 0.374 e. The quantitative estimate of drug-likeness (QED) is 0.819. The second-order valence-electron chi connectivity index (χ2n) is 4.80. The molecule has 0 aromatic heterocycles. The molecule has 0 aromatic rings. The first-order chi connectivity index (χ1) is 7.93. The van der Waals surface area contributed by atoms with E-state index in [0.29, 0.717) is 0 Å². The molecule has 6 heteroatoms. The molecule has 1 heterocycles. The number of carbonyl (C=O) groups excluding carboxylic acids is 1. The van der Waals surface area contributed by atoms with Crippen LogP contribution in [0.25, 0.3) is 0 Å². The molecule has 1 saturated heterocycles. The number of likely N-dealkylation sites (tertiary alicyclic amines) is 1. The second-order valence-corrected chi connectivity index (χ2v) is 4.80. The molecule has 0 spiro atoms. The van der Waals surface area contributed by atoms with Gasteiger partial charge in [-0.2, -0.15) is 8.78 Å². The van der Waals surface area contributed by atoms with Gasteiger partial charge in [-0.15, -0.1) is 0 Å². The average molecular weight is 247 g/mol. The van der Waals surface area contributed by atoms with Crippen LogP contribution >= 0.6 is 0 Å². The summed E-state index contributed by atoms with van der Waals surface area (Å²) in [5.41, 5.74) is 0. The van der Waals surface area contributed by atoms with Gasteiger partial charge in [-0.1, -0.05) is 0 Å². The summed E-state index contributed by atoms with van der Waals surface area (Å²) in [6.07, 6.45) is 1.92. The smallest absolute Gasteiger partial charge is 0.374 e. The molecule has 1 saturated carbocycles. The minimum absolute atomic E-state index is 0.0436. The highest BCUT2D eigenvalue weighted by Gasteiger charge is 2.49. The maximum atomic E-state index is 13.2. The van der Waals surface area contributed by atoms with Gasteiger partial charge >= 0.3 is 11.9 Å². The van der Waals surface area contributed by atoms with E-state index in [1.165, 1.54) is 0 Å². The third-order valence-corrected chi connectivity index (χ3v) is 3.53. The molecule has 0 bridgehead atoms. The Morgan fingerprint density at radius 1 is 1.12 bits per heavy atom. The number of hydrogen-bond donors (Lipinski definition) is 1. The van der Waals surface area contributed by atoms with Gasteiger partial charge in [-0.3, -0.25) is 4.79 Å². The fourth-order valence-electron chi connectivity index (χ4n) is 2.23. The molecule has 0 radical (unpaired) electrons. The Morgan fingerprint density at radius 2 is 1.65 bits per heavy atom. The lowest BCUT2D eigenvalue weighted by Crippen LogP contribution is -2.46. The molecule has 0 unspecified atom stereocenters. The van der Waals surface area contributed by atoms with Crippen LogP contribution in [0.4, 0.5) is 8.78 Å². The van der Waals surface area contributed by atoms with Gasteiger partial charge in [0.15, 0.2) is 0 Å². The molecule has 0 aromatic carbocycles. The van der Waals surface area contributed by atoms with Gasteiger partial charge in [0.25, 0.3) is 0 Å². The predicted octanol–water partition coefficient (Wildman–Crippen LogP) is 1.35. The zero-order valence-electron chi connectivity index (χ0n) is 9.36. The zero-order chi connectivity index (χ0) is 12.6. The Kier molecular flexibility index (Phi) is 3.05. The summed E-state index contributed by atoms with van der Waals surface area (Å²) in [6, 6.07) is 0. The van der Waals surface area contributed by atoms with Crippen molar-refractivity contribution in [1.29, 1.82) is 0 Å². The number of hydrogen-bond acceptors (Lipinski definition) is 2. The molecule has 1 aliphatic carbocycles. The Morgan fingerprint density at radius 3 is 2.06 bits per heavy atom. The summed E-state index contributed by atoms with van der Waals surface area (Å²) in [6.45, 7) is 0.506. The molecule has 96 valence electrons. The topological polar surface area (TPSA) is 57.6 Å². The number of halogens is 2. The number of carboxylic acid groups (broad SMARTS) is 1. The van der Waals surface area contributed by atoms with Crippen LogP contribution in [-0.2, 0) is 9.59 Å². The molecule has 2 rings (SSSR count). The third kappa shape index (κ3) is 2.40. The predicted molar refractivity (Wildman–Crippen MR) is 54.6 cm³/mol. The van der Waals surface area contributed by atoms with E-state index < -0.39 is 17.8 Å². The minimum atomic E-state index is -3.67. The SMILES string of the molecule is O=C(C1CC1)N1CCC(C(F)(F)C(=O)O)CC1. The summed E-state index contributed by atoms with van der Waals surface area (Å²) in [7, 11) is 0. The molecular formula is C11H15F2NO3. The summed E-state index contributed by atoms with van der Waals surface area (Å²) >= 11 is 0. The van der Waals surface area contributed by atoms with Crippen molar-refractivity contribution in [1.82, 2.24) is 4.90 Å². The molecule has 2 fully saturated rings. The summed E-state index contributed by atoms with van der Waals surface area (Å²) < 4.78 is 26.5. The van der Waals surface area contributed by atoms with Gasteiger partial charge in [-0.25, -0.2) is 4.79 Å². The van der Waals surface area contributed by atoms with Crippen LogP contribution in [0.1, 0.15) is 25.7 Å². The number of nitrogens with zero attached hydrogens (tertiary/aromatic N) is 1. The van der Waals surface area contributed by atoms with Crippen molar-refractivity contribution in [3.8, 4) is 0 Å². The van der Waals surface area contributed by atoms with Crippen molar-refractivity contribution in [3.05, 3.63) is 0 Å². The molecule has 4 nitrogen and oxygen atoms in total. The van der Waals surface area contributed by atoms with Crippen LogP contribution in [0.5, 0.6) is 0 Å². The highest BCUT2D eigenvalue weighted by molar-refractivity contribution is 5.81. The summed E-state index contributed by atoms with van der Waals surface area (Å²) in [5.74, 6) is -6.75. The van der Waals surface area contributed by atoms with Gasteiger partial charge in [-0.05, 0) is 25.7 Å². The van der Waals surface area contributed by atoms with E-state index >= 15 is 0 Å². The fraction of sp³-hybridized carbons (Fsp3) is 0.818. The lowest BCUT2D eigenvalue weighted by molar-refractivity contribution is -0.176. The van der Waals surface area contributed by atoms with E-state index in [-0.39, 0.29) is 37.8 Å². The standard InChI is InChI=1S/C11H15F2NO3/c12-11(13,10(16)17)8-3-5-14(6-4-8)9(15)7-1-2-7/h7-8H,1-6H2,(H,16,17). The minimum Gasteiger partial charge on any atom is -0.477 e. The van der Waals surface area contributed by atoms with E-state index in [4.69, 9.17) is 5.11 Å². The van der Waals surface area contributed by atoms with Crippen LogP contribution in [0.15, 0.2) is 0 Å². The molecule has 1 amide bonds. The Bertz CT molecular complexity index is 334. The lowest BCUT2D eigenvalue weighted by atomic mass is 9.90. The maximum absolute atomic E-state index is 13.2. The van der Waals surface area contributed by atoms with Gasteiger partial charge in [0, 0.05) is 24.9 Å². The van der Waals surface area contributed by atoms with Crippen molar-refractivity contribution in [3.63, 3.8) is 0 Å². The zero-order valence-corrected chi connectivity index (χ0v) is 9.36. The normalized spacial score (nSPS) is 22.6. The van der Waals surface area contributed by atoms with Crippen molar-refractivity contribution < 1.29 is 23.5 Å². The van der Waals surface area contributed by atoms with Crippen molar-refractivity contribution in [2.24, 2.45) is 11.8 Å². The highest BCUT2D eigenvalue weighted by atomic mass is 19.3. The number of carbonyl (C=O) groups is 2. The first kappa shape index (κ1) is 12.3. The fourth-order valence-corrected chi connectivity index (χ4v) is 2.23. The molecule has 1 N–H and O–H groups in total. The Balaban J connectivity index is 1.89. The number of amides is 1. The second kappa shape index (κ2) is 4.23. The molecule has 0 atom stereocenters. The van der Waals surface area contributed by atoms with E-state index in [0.717, 1.165) is 12.8 Å². The monoisotopic (exact) mass is 247 g/mol. The van der Waals surface area contributed by atoms with E-state index in [1.807, 2.05) is 0 Å². The lowest BCUT2D eigenvalue weighted by Gasteiger charge is -2.34. The number of rotatable bonds is 3. The first-order valence-corrected chi connectivity index (χ1v) is 5.83. The largest absolute Gasteiger partial charge is 0.477 e. The van der Waals surface area contributed by atoms with Gasteiger partial charge in [0.1, 0.15) is 0 Å². The van der Waals surface area contributed by atoms with E-state index in [2.05, 4.69) is 0 Å². The summed E-state index contributed by atoms with van der Waals surface area (Å²) in [5, 5.41) is 8.44. The molecular weight excluding hydrogens is 232 g/mol. The van der Waals surface area contributed by atoms with Crippen LogP contribution in [0, 0.1) is 11.8 Å². The van der Waals surface area contributed by atoms with Gasteiger partial charge in [0.2, 0.25) is 5.91 Å². The highest BCUT2D eigenvalue weighted by Crippen LogP contribution is 2.36. The van der Waals surface area contributed by atoms with Crippen molar-refractivity contribution >= 4 is 11.9 Å². The van der Waals surface area contributed by atoms with Crippen LogP contribution in [0.3, 0.4) is 0 Å². The molecule has 17 heavy (non-hydrogen) atoms. The van der Waals surface area contributed by atoms with E-state index in [1.54, 1.807) is 4.90 Å². The van der Waals surface area contributed by atoms with Crippen LogP contribution < -0.4 is 0 Å².